The van der Waals surface area contributed by atoms with E-state index in [1.165, 1.54) is 0 Å². The number of hydrogen-bond donors (Lipinski definition) is 2. The summed E-state index contributed by atoms with van der Waals surface area (Å²) in [4.78, 5) is 32.1. The van der Waals surface area contributed by atoms with Gasteiger partial charge in [-0.25, -0.2) is 0 Å². The predicted octanol–water partition coefficient (Wildman–Crippen LogP) is 0.849. The zero-order chi connectivity index (χ0) is 16.8. The van der Waals surface area contributed by atoms with Crippen LogP contribution in [-0.2, 0) is 16.0 Å². The molecule has 2 amide bonds. The van der Waals surface area contributed by atoms with E-state index in [1.54, 1.807) is 18.5 Å². The first kappa shape index (κ1) is 16.1. The Morgan fingerprint density at radius 1 is 1.42 bits per heavy atom. The predicted molar refractivity (Wildman–Crippen MR) is 84.6 cm³/mol. The molecule has 1 atom stereocenters. The Bertz CT molecular complexity index is 701. The molecule has 0 aromatic carbocycles. The van der Waals surface area contributed by atoms with Gasteiger partial charge in [0.05, 0.1) is 0 Å². The molecule has 1 aliphatic heterocycles. The quantitative estimate of drug-likeness (QED) is 0.841. The van der Waals surface area contributed by atoms with Crippen LogP contribution in [0.3, 0.4) is 0 Å². The number of aryl methyl sites for hydroxylation is 1. The Balaban J connectivity index is 1.51. The summed E-state index contributed by atoms with van der Waals surface area (Å²) in [6.45, 7) is 0.671. The van der Waals surface area contributed by atoms with Gasteiger partial charge in [-0.2, -0.15) is 4.98 Å². The second kappa shape index (κ2) is 7.67. The van der Waals surface area contributed by atoms with Crippen molar-refractivity contribution >= 4 is 11.8 Å². The first-order valence-corrected chi connectivity index (χ1v) is 8.02. The number of aromatic nitrogens is 3. The minimum atomic E-state index is -0.450. The van der Waals surface area contributed by atoms with Crippen molar-refractivity contribution in [3.05, 3.63) is 30.4 Å². The first-order valence-electron chi connectivity index (χ1n) is 8.02. The SMILES string of the molecule is O=C(CCc1nc(-c2cccnc2)no1)N[C@@H]1CCCCNC1=O. The number of nitrogens with zero attached hydrogens (tertiary/aromatic N) is 3. The van der Waals surface area contributed by atoms with Crippen LogP contribution in [0.1, 0.15) is 31.6 Å². The lowest BCUT2D eigenvalue weighted by Crippen LogP contribution is -2.45. The molecule has 0 spiro atoms. The largest absolute Gasteiger partial charge is 0.354 e. The molecule has 0 bridgehead atoms. The smallest absolute Gasteiger partial charge is 0.242 e. The van der Waals surface area contributed by atoms with Crippen LogP contribution in [-0.4, -0.2) is 39.5 Å². The maximum Gasteiger partial charge on any atom is 0.242 e. The van der Waals surface area contributed by atoms with Gasteiger partial charge in [0.2, 0.25) is 23.5 Å². The second-order valence-corrected chi connectivity index (χ2v) is 5.66. The third-order valence-corrected chi connectivity index (χ3v) is 3.82. The van der Waals surface area contributed by atoms with Crippen molar-refractivity contribution in [2.75, 3.05) is 6.54 Å². The van der Waals surface area contributed by atoms with Crippen molar-refractivity contribution < 1.29 is 14.1 Å². The lowest BCUT2D eigenvalue weighted by molar-refractivity contribution is -0.128. The summed E-state index contributed by atoms with van der Waals surface area (Å²) in [6.07, 6.45) is 6.36. The van der Waals surface area contributed by atoms with Crippen molar-refractivity contribution in [3.8, 4) is 11.4 Å². The van der Waals surface area contributed by atoms with Gasteiger partial charge in [0.1, 0.15) is 6.04 Å². The highest BCUT2D eigenvalue weighted by Gasteiger charge is 2.22. The minimum absolute atomic E-state index is 0.113. The molecule has 3 rings (SSSR count). The van der Waals surface area contributed by atoms with E-state index in [9.17, 15) is 9.59 Å². The number of carbonyl (C=O) groups excluding carboxylic acids is 2. The fraction of sp³-hybridized carbons (Fsp3) is 0.438. The zero-order valence-electron chi connectivity index (χ0n) is 13.2. The first-order chi connectivity index (χ1) is 11.7. The van der Waals surface area contributed by atoms with E-state index in [0.717, 1.165) is 18.4 Å². The molecule has 1 aliphatic rings. The Morgan fingerprint density at radius 2 is 2.33 bits per heavy atom. The third-order valence-electron chi connectivity index (χ3n) is 3.82. The topological polar surface area (TPSA) is 110 Å². The molecule has 0 saturated carbocycles. The van der Waals surface area contributed by atoms with E-state index >= 15 is 0 Å². The Morgan fingerprint density at radius 3 is 3.17 bits per heavy atom. The Kier molecular flexibility index (Phi) is 5.15. The molecule has 2 N–H and O–H groups in total. The number of amides is 2. The standard InChI is InChI=1S/C16H19N5O3/c22-13(19-12-5-1-2-9-18-16(12)23)6-7-14-20-15(21-24-14)11-4-3-8-17-10-11/h3-4,8,10,12H,1-2,5-7,9H2,(H,18,23)(H,19,22)/t12-/m1/s1. The maximum atomic E-state index is 12.0. The molecule has 126 valence electrons. The molecule has 0 radical (unpaired) electrons. The number of pyridine rings is 1. The summed E-state index contributed by atoms with van der Waals surface area (Å²) in [5.74, 6) is 0.520. The van der Waals surface area contributed by atoms with Gasteiger partial charge in [0.15, 0.2) is 0 Å². The highest BCUT2D eigenvalue weighted by Crippen LogP contribution is 2.14. The van der Waals surface area contributed by atoms with Crippen molar-refractivity contribution in [3.63, 3.8) is 0 Å². The fourth-order valence-corrected chi connectivity index (χ4v) is 2.53. The fourth-order valence-electron chi connectivity index (χ4n) is 2.53. The van der Waals surface area contributed by atoms with Crippen LogP contribution >= 0.6 is 0 Å². The van der Waals surface area contributed by atoms with E-state index in [-0.39, 0.29) is 18.2 Å². The summed E-state index contributed by atoms with van der Waals surface area (Å²) >= 11 is 0. The van der Waals surface area contributed by atoms with Crippen LogP contribution in [0.15, 0.2) is 29.0 Å². The van der Waals surface area contributed by atoms with Crippen LogP contribution in [0.25, 0.3) is 11.4 Å². The molecular weight excluding hydrogens is 310 g/mol. The average molecular weight is 329 g/mol. The van der Waals surface area contributed by atoms with Gasteiger partial charge in [-0.3, -0.25) is 14.6 Å². The van der Waals surface area contributed by atoms with E-state index in [0.29, 0.717) is 31.1 Å². The molecular formula is C16H19N5O3. The van der Waals surface area contributed by atoms with Crippen LogP contribution in [0, 0.1) is 0 Å². The summed E-state index contributed by atoms with van der Waals surface area (Å²) < 4.78 is 5.15. The maximum absolute atomic E-state index is 12.0. The second-order valence-electron chi connectivity index (χ2n) is 5.66. The van der Waals surface area contributed by atoms with Crippen molar-refractivity contribution in [2.24, 2.45) is 0 Å². The number of nitrogens with one attached hydrogen (secondary N) is 2. The van der Waals surface area contributed by atoms with Crippen molar-refractivity contribution in [1.82, 2.24) is 25.8 Å². The van der Waals surface area contributed by atoms with Crippen LogP contribution in [0.2, 0.25) is 0 Å². The summed E-state index contributed by atoms with van der Waals surface area (Å²) in [7, 11) is 0. The lowest BCUT2D eigenvalue weighted by Gasteiger charge is -2.14. The molecule has 3 heterocycles. The van der Waals surface area contributed by atoms with E-state index in [2.05, 4.69) is 25.8 Å². The Hall–Kier alpha value is -2.77. The molecule has 8 heteroatoms. The van der Waals surface area contributed by atoms with Crippen LogP contribution in [0.4, 0.5) is 0 Å². The van der Waals surface area contributed by atoms with Gasteiger partial charge < -0.3 is 15.2 Å². The summed E-state index contributed by atoms with van der Waals surface area (Å²) in [6, 6.07) is 3.17. The number of carbonyl (C=O) groups is 2. The van der Waals surface area contributed by atoms with Gasteiger partial charge >= 0.3 is 0 Å². The summed E-state index contributed by atoms with van der Waals surface area (Å²) in [5, 5.41) is 9.44. The van der Waals surface area contributed by atoms with Crippen LogP contribution in [0.5, 0.6) is 0 Å². The monoisotopic (exact) mass is 329 g/mol. The molecule has 2 aromatic heterocycles. The minimum Gasteiger partial charge on any atom is -0.354 e. The van der Waals surface area contributed by atoms with Gasteiger partial charge in [0.25, 0.3) is 0 Å². The van der Waals surface area contributed by atoms with E-state index in [4.69, 9.17) is 4.52 Å². The Labute approximate surface area is 139 Å². The molecule has 24 heavy (non-hydrogen) atoms. The zero-order valence-corrected chi connectivity index (χ0v) is 13.2. The summed E-state index contributed by atoms with van der Waals surface area (Å²) in [5.41, 5.74) is 0.757. The van der Waals surface area contributed by atoms with E-state index in [1.807, 2.05) is 6.07 Å². The molecule has 8 nitrogen and oxygen atoms in total. The molecule has 1 saturated heterocycles. The third kappa shape index (κ3) is 4.15. The van der Waals surface area contributed by atoms with Crippen molar-refractivity contribution in [1.29, 1.82) is 0 Å². The normalized spacial score (nSPS) is 17.8. The molecule has 1 fully saturated rings. The van der Waals surface area contributed by atoms with Gasteiger partial charge in [-0.1, -0.05) is 5.16 Å². The number of rotatable bonds is 5. The highest BCUT2D eigenvalue weighted by molar-refractivity contribution is 5.87. The average Bonchev–Trinajstić information content (AvgIpc) is 2.99. The molecule has 0 aliphatic carbocycles. The molecule has 2 aromatic rings. The number of hydrogen-bond acceptors (Lipinski definition) is 6. The molecule has 0 unspecified atom stereocenters. The highest BCUT2D eigenvalue weighted by atomic mass is 16.5. The lowest BCUT2D eigenvalue weighted by atomic mass is 10.1. The van der Waals surface area contributed by atoms with Gasteiger partial charge in [-0.05, 0) is 31.4 Å². The van der Waals surface area contributed by atoms with Gasteiger partial charge in [0, 0.05) is 37.3 Å². The van der Waals surface area contributed by atoms with Crippen molar-refractivity contribution in [2.45, 2.75) is 38.1 Å². The van der Waals surface area contributed by atoms with E-state index < -0.39 is 6.04 Å². The van der Waals surface area contributed by atoms with Crippen LogP contribution < -0.4 is 10.6 Å². The van der Waals surface area contributed by atoms with Gasteiger partial charge in [-0.15, -0.1) is 0 Å².